The molecule has 0 atom stereocenters. The van der Waals surface area contributed by atoms with Crippen LogP contribution in [-0.2, 0) is 0 Å². The molecule has 70 valence electrons. The van der Waals surface area contributed by atoms with Crippen molar-refractivity contribution in [3.63, 3.8) is 0 Å². The van der Waals surface area contributed by atoms with E-state index in [0.29, 0.717) is 10.2 Å². The third kappa shape index (κ3) is 2.03. The summed E-state index contributed by atoms with van der Waals surface area (Å²) in [5, 5.41) is 8.50. The standard InChI is InChI=1S/C10H6Cl2N2/c11-9-3-1-2-7(4-9)8-5-10(12)14-13-6-8/h1-6H. The Hall–Kier alpha value is -1.12. The van der Waals surface area contributed by atoms with Gasteiger partial charge in [0.2, 0.25) is 0 Å². The van der Waals surface area contributed by atoms with E-state index in [1.165, 1.54) is 0 Å². The van der Waals surface area contributed by atoms with Crippen LogP contribution in [0.4, 0.5) is 0 Å². The van der Waals surface area contributed by atoms with Gasteiger partial charge in [-0.25, -0.2) is 0 Å². The van der Waals surface area contributed by atoms with Crippen LogP contribution >= 0.6 is 23.2 Å². The van der Waals surface area contributed by atoms with Crippen molar-refractivity contribution >= 4 is 23.2 Å². The Morgan fingerprint density at radius 1 is 1.00 bits per heavy atom. The molecule has 2 nitrogen and oxygen atoms in total. The van der Waals surface area contributed by atoms with Crippen molar-refractivity contribution in [3.8, 4) is 11.1 Å². The van der Waals surface area contributed by atoms with Crippen molar-refractivity contribution in [3.05, 3.63) is 46.7 Å². The summed E-state index contributed by atoms with van der Waals surface area (Å²) >= 11 is 11.6. The average Bonchev–Trinajstić information content (AvgIpc) is 2.18. The highest BCUT2D eigenvalue weighted by Gasteiger charge is 2.00. The summed E-state index contributed by atoms with van der Waals surface area (Å²) in [6.07, 6.45) is 1.65. The molecule has 2 aromatic rings. The fourth-order valence-electron chi connectivity index (χ4n) is 1.17. The zero-order valence-corrected chi connectivity index (χ0v) is 8.63. The van der Waals surface area contributed by atoms with Gasteiger partial charge in [-0.1, -0.05) is 35.3 Å². The number of hydrogen-bond donors (Lipinski definition) is 0. The van der Waals surface area contributed by atoms with Crippen LogP contribution in [0.3, 0.4) is 0 Å². The van der Waals surface area contributed by atoms with Crippen molar-refractivity contribution in [2.45, 2.75) is 0 Å². The molecule has 0 saturated carbocycles. The molecule has 0 aliphatic carbocycles. The monoisotopic (exact) mass is 224 g/mol. The van der Waals surface area contributed by atoms with E-state index in [1.54, 1.807) is 12.3 Å². The Kier molecular flexibility index (Phi) is 2.66. The molecule has 0 spiro atoms. The lowest BCUT2D eigenvalue weighted by atomic mass is 10.1. The van der Waals surface area contributed by atoms with Gasteiger partial charge >= 0.3 is 0 Å². The van der Waals surface area contributed by atoms with Crippen LogP contribution < -0.4 is 0 Å². The van der Waals surface area contributed by atoms with Crippen molar-refractivity contribution in [1.82, 2.24) is 10.2 Å². The molecule has 0 bridgehead atoms. The number of halogens is 2. The van der Waals surface area contributed by atoms with Gasteiger partial charge < -0.3 is 0 Å². The lowest BCUT2D eigenvalue weighted by Crippen LogP contribution is -1.84. The number of rotatable bonds is 1. The Balaban J connectivity index is 2.49. The predicted molar refractivity (Wildman–Crippen MR) is 57.5 cm³/mol. The van der Waals surface area contributed by atoms with E-state index < -0.39 is 0 Å². The fourth-order valence-corrected chi connectivity index (χ4v) is 1.52. The van der Waals surface area contributed by atoms with Crippen LogP contribution in [0.2, 0.25) is 10.2 Å². The summed E-state index contributed by atoms with van der Waals surface area (Å²) in [5.74, 6) is 0. The minimum atomic E-state index is 0.377. The van der Waals surface area contributed by atoms with E-state index in [1.807, 2.05) is 24.3 Å². The van der Waals surface area contributed by atoms with Gasteiger partial charge in [0.1, 0.15) is 0 Å². The van der Waals surface area contributed by atoms with E-state index >= 15 is 0 Å². The SMILES string of the molecule is Clc1cccc(-c2cnnc(Cl)c2)c1. The van der Waals surface area contributed by atoms with Gasteiger partial charge in [0, 0.05) is 10.6 Å². The van der Waals surface area contributed by atoms with Gasteiger partial charge in [-0.2, -0.15) is 5.10 Å². The summed E-state index contributed by atoms with van der Waals surface area (Å²) in [7, 11) is 0. The molecule has 2 rings (SSSR count). The van der Waals surface area contributed by atoms with Gasteiger partial charge in [-0.3, -0.25) is 0 Å². The summed E-state index contributed by atoms with van der Waals surface area (Å²) in [6, 6.07) is 9.25. The first-order chi connectivity index (χ1) is 6.75. The fraction of sp³-hybridized carbons (Fsp3) is 0. The van der Waals surface area contributed by atoms with Crippen LogP contribution in [0.1, 0.15) is 0 Å². The van der Waals surface area contributed by atoms with E-state index in [0.717, 1.165) is 11.1 Å². The number of aromatic nitrogens is 2. The van der Waals surface area contributed by atoms with Crippen LogP contribution in [0.25, 0.3) is 11.1 Å². The molecule has 0 N–H and O–H groups in total. The molecule has 1 aromatic heterocycles. The van der Waals surface area contributed by atoms with Crippen LogP contribution in [-0.4, -0.2) is 10.2 Å². The Morgan fingerprint density at radius 3 is 2.57 bits per heavy atom. The Bertz CT molecular complexity index is 414. The molecule has 0 radical (unpaired) electrons. The molecule has 1 aromatic carbocycles. The quantitative estimate of drug-likeness (QED) is 0.742. The third-order valence-corrected chi connectivity index (χ3v) is 2.20. The second-order valence-electron chi connectivity index (χ2n) is 2.78. The zero-order chi connectivity index (χ0) is 9.97. The molecular weight excluding hydrogens is 219 g/mol. The van der Waals surface area contributed by atoms with Gasteiger partial charge in [-0.15, -0.1) is 5.10 Å². The molecule has 1 heterocycles. The van der Waals surface area contributed by atoms with Crippen molar-refractivity contribution in [1.29, 1.82) is 0 Å². The Morgan fingerprint density at radius 2 is 1.86 bits per heavy atom. The third-order valence-electron chi connectivity index (χ3n) is 1.78. The van der Waals surface area contributed by atoms with Crippen LogP contribution in [0.15, 0.2) is 36.5 Å². The minimum absolute atomic E-state index is 0.377. The summed E-state index contributed by atoms with van der Waals surface area (Å²) in [6.45, 7) is 0. The Labute approximate surface area is 91.5 Å². The normalized spacial score (nSPS) is 10.1. The molecule has 0 amide bonds. The van der Waals surface area contributed by atoms with Gasteiger partial charge in [0.05, 0.1) is 6.20 Å². The number of benzene rings is 1. The summed E-state index contributed by atoms with van der Waals surface area (Å²) in [5.41, 5.74) is 1.89. The van der Waals surface area contributed by atoms with Crippen molar-refractivity contribution in [2.24, 2.45) is 0 Å². The second kappa shape index (κ2) is 3.95. The molecule has 0 saturated heterocycles. The summed E-state index contributed by atoms with van der Waals surface area (Å²) in [4.78, 5) is 0. The molecule has 14 heavy (non-hydrogen) atoms. The lowest BCUT2D eigenvalue weighted by Gasteiger charge is -2.00. The molecule has 4 heteroatoms. The maximum absolute atomic E-state index is 5.87. The predicted octanol–water partition coefficient (Wildman–Crippen LogP) is 3.45. The molecule has 0 unspecified atom stereocenters. The first-order valence-corrected chi connectivity index (χ1v) is 4.75. The molecular formula is C10H6Cl2N2. The van der Waals surface area contributed by atoms with Crippen LogP contribution in [0.5, 0.6) is 0 Å². The van der Waals surface area contributed by atoms with Gasteiger partial charge in [0.25, 0.3) is 0 Å². The first-order valence-electron chi connectivity index (χ1n) is 4.00. The first kappa shape index (κ1) is 9.44. The van der Waals surface area contributed by atoms with Gasteiger partial charge in [0.15, 0.2) is 5.15 Å². The van der Waals surface area contributed by atoms with Crippen LogP contribution in [0, 0.1) is 0 Å². The lowest BCUT2D eigenvalue weighted by molar-refractivity contribution is 1.03. The highest BCUT2D eigenvalue weighted by Crippen LogP contribution is 2.22. The topological polar surface area (TPSA) is 25.8 Å². The zero-order valence-electron chi connectivity index (χ0n) is 7.11. The maximum Gasteiger partial charge on any atom is 0.152 e. The average molecular weight is 225 g/mol. The minimum Gasteiger partial charge on any atom is -0.157 e. The van der Waals surface area contributed by atoms with E-state index in [9.17, 15) is 0 Å². The number of hydrogen-bond acceptors (Lipinski definition) is 2. The maximum atomic E-state index is 5.87. The van der Waals surface area contributed by atoms with E-state index in [-0.39, 0.29) is 0 Å². The largest absolute Gasteiger partial charge is 0.157 e. The molecule has 0 aliphatic rings. The number of nitrogens with zero attached hydrogens (tertiary/aromatic N) is 2. The second-order valence-corrected chi connectivity index (χ2v) is 3.60. The van der Waals surface area contributed by atoms with E-state index in [4.69, 9.17) is 23.2 Å². The summed E-state index contributed by atoms with van der Waals surface area (Å²) < 4.78 is 0. The highest BCUT2D eigenvalue weighted by molar-refractivity contribution is 6.31. The smallest absolute Gasteiger partial charge is 0.152 e. The molecule has 0 fully saturated rings. The van der Waals surface area contributed by atoms with Gasteiger partial charge in [-0.05, 0) is 23.8 Å². The van der Waals surface area contributed by atoms with Crippen molar-refractivity contribution < 1.29 is 0 Å². The highest BCUT2D eigenvalue weighted by atomic mass is 35.5. The van der Waals surface area contributed by atoms with E-state index in [2.05, 4.69) is 10.2 Å². The molecule has 0 aliphatic heterocycles. The van der Waals surface area contributed by atoms with Crippen molar-refractivity contribution in [2.75, 3.05) is 0 Å².